The van der Waals surface area contributed by atoms with Crippen molar-refractivity contribution in [2.75, 3.05) is 0 Å². The third-order valence-corrected chi connectivity index (χ3v) is 10.9. The molecule has 11 aromatic rings. The van der Waals surface area contributed by atoms with Gasteiger partial charge in [0.2, 0.25) is 0 Å². The summed E-state index contributed by atoms with van der Waals surface area (Å²) in [7, 11) is 0. The first kappa shape index (κ1) is 24.5. The van der Waals surface area contributed by atoms with E-state index < -0.39 is 0 Å². The molecule has 46 heavy (non-hydrogen) atoms. The van der Waals surface area contributed by atoms with Crippen molar-refractivity contribution in [3.63, 3.8) is 0 Å². The van der Waals surface area contributed by atoms with E-state index in [9.17, 15) is 0 Å². The molecule has 0 unspecified atom stereocenters. The Morgan fingerprint density at radius 2 is 1.00 bits per heavy atom. The Morgan fingerprint density at radius 3 is 1.80 bits per heavy atom. The maximum absolute atomic E-state index is 6.27. The average Bonchev–Trinajstić information content (AvgIpc) is 3.86. The Bertz CT molecular complexity index is 3030. The number of aromatic nitrogens is 2. The molecule has 4 heterocycles. The molecule has 0 bridgehead atoms. The van der Waals surface area contributed by atoms with Gasteiger partial charge in [0.25, 0.3) is 0 Å². The van der Waals surface area contributed by atoms with Gasteiger partial charge in [-0.05, 0) is 54.6 Å². The molecule has 0 aliphatic carbocycles. The van der Waals surface area contributed by atoms with Crippen LogP contribution in [0.3, 0.4) is 0 Å². The molecule has 0 atom stereocenters. The first-order valence-corrected chi connectivity index (χ1v) is 16.4. The topological polar surface area (TPSA) is 23.0 Å². The van der Waals surface area contributed by atoms with E-state index in [-0.39, 0.29) is 0 Å². The number of para-hydroxylation sites is 4. The molecule has 0 aliphatic heterocycles. The van der Waals surface area contributed by atoms with E-state index in [1.54, 1.807) is 0 Å². The summed E-state index contributed by atoms with van der Waals surface area (Å²) >= 11 is 1.91. The van der Waals surface area contributed by atoms with E-state index in [1.165, 1.54) is 63.8 Å². The third-order valence-electron chi connectivity index (χ3n) is 9.68. The Kier molecular flexibility index (Phi) is 4.72. The molecule has 0 spiro atoms. The number of hydrogen-bond donors (Lipinski definition) is 0. The van der Waals surface area contributed by atoms with Crippen LogP contribution in [0.5, 0.6) is 0 Å². The molecule has 0 saturated heterocycles. The highest BCUT2D eigenvalue weighted by molar-refractivity contribution is 7.27. The Hall–Kier alpha value is -5.84. The summed E-state index contributed by atoms with van der Waals surface area (Å²) in [6.45, 7) is 0. The van der Waals surface area contributed by atoms with E-state index in [4.69, 9.17) is 4.42 Å². The predicted octanol–water partition coefficient (Wildman–Crippen LogP) is 12.1. The minimum absolute atomic E-state index is 0.903. The molecule has 0 N–H and O–H groups in total. The summed E-state index contributed by atoms with van der Waals surface area (Å²) in [6.07, 6.45) is 0. The lowest BCUT2D eigenvalue weighted by atomic mass is 10.0. The fraction of sp³-hybridized carbons (Fsp3) is 0. The molecule has 3 nitrogen and oxygen atoms in total. The minimum atomic E-state index is 0.903. The van der Waals surface area contributed by atoms with Crippen molar-refractivity contribution in [3.05, 3.63) is 146 Å². The summed E-state index contributed by atoms with van der Waals surface area (Å²) in [5, 5.41) is 10.0. The molecule has 0 fully saturated rings. The van der Waals surface area contributed by atoms with Gasteiger partial charge in [0, 0.05) is 63.9 Å². The fourth-order valence-corrected chi connectivity index (χ4v) is 9.12. The lowest BCUT2D eigenvalue weighted by Gasteiger charge is -2.13. The van der Waals surface area contributed by atoms with Crippen molar-refractivity contribution in [3.8, 4) is 11.4 Å². The smallest absolute Gasteiger partial charge is 0.135 e. The third kappa shape index (κ3) is 3.06. The van der Waals surface area contributed by atoms with Crippen LogP contribution in [-0.2, 0) is 0 Å². The van der Waals surface area contributed by atoms with Gasteiger partial charge in [-0.1, -0.05) is 91.0 Å². The number of benzene rings is 7. The van der Waals surface area contributed by atoms with Crippen molar-refractivity contribution >= 4 is 97.1 Å². The molecule has 7 aromatic carbocycles. The van der Waals surface area contributed by atoms with Crippen LogP contribution in [0.25, 0.3) is 97.1 Å². The average molecular weight is 605 g/mol. The fourth-order valence-electron chi connectivity index (χ4n) is 7.85. The number of rotatable bonds is 2. The van der Waals surface area contributed by atoms with Gasteiger partial charge in [0.1, 0.15) is 11.2 Å². The van der Waals surface area contributed by atoms with Gasteiger partial charge in [-0.15, -0.1) is 11.3 Å². The second kappa shape index (κ2) is 8.87. The maximum atomic E-state index is 6.27. The van der Waals surface area contributed by atoms with Crippen molar-refractivity contribution in [1.29, 1.82) is 0 Å². The Morgan fingerprint density at radius 1 is 0.413 bits per heavy atom. The summed E-state index contributed by atoms with van der Waals surface area (Å²) in [5.41, 5.74) is 8.95. The zero-order chi connectivity index (χ0) is 29.9. The van der Waals surface area contributed by atoms with Crippen LogP contribution in [0.1, 0.15) is 0 Å². The highest BCUT2D eigenvalue weighted by Gasteiger charge is 2.26. The number of fused-ring (bicyclic) bond motifs is 15. The molecule has 0 saturated carbocycles. The lowest BCUT2D eigenvalue weighted by molar-refractivity contribution is 0.669. The van der Waals surface area contributed by atoms with Crippen LogP contribution in [0.4, 0.5) is 0 Å². The summed E-state index contributed by atoms with van der Waals surface area (Å²) < 4.78 is 13.9. The summed E-state index contributed by atoms with van der Waals surface area (Å²) in [5.74, 6) is 0. The largest absolute Gasteiger partial charge is 0.456 e. The first-order valence-electron chi connectivity index (χ1n) is 15.6. The monoisotopic (exact) mass is 604 g/mol. The maximum Gasteiger partial charge on any atom is 0.135 e. The van der Waals surface area contributed by atoms with Crippen molar-refractivity contribution in [2.24, 2.45) is 0 Å². The van der Waals surface area contributed by atoms with Crippen LogP contribution in [0.15, 0.2) is 150 Å². The SMILES string of the molecule is c1ccc(-n2c3ccccc3c3c4sc5ccccc5c4c4c5ccccc5n(-c5ccc6oc7ccccc7c6c5)c4c32)cc1. The summed E-state index contributed by atoms with van der Waals surface area (Å²) in [4.78, 5) is 0. The van der Waals surface area contributed by atoms with Crippen molar-refractivity contribution in [2.45, 2.75) is 0 Å². The van der Waals surface area contributed by atoms with Gasteiger partial charge in [0.05, 0.1) is 22.1 Å². The predicted molar refractivity (Wildman–Crippen MR) is 195 cm³/mol. The van der Waals surface area contributed by atoms with Crippen LogP contribution in [0.2, 0.25) is 0 Å². The van der Waals surface area contributed by atoms with E-state index in [1.807, 2.05) is 17.4 Å². The van der Waals surface area contributed by atoms with Gasteiger partial charge in [0.15, 0.2) is 0 Å². The highest BCUT2D eigenvalue weighted by atomic mass is 32.1. The molecular formula is C42H24N2OS. The van der Waals surface area contributed by atoms with Crippen LogP contribution in [0, 0.1) is 0 Å². The van der Waals surface area contributed by atoms with Gasteiger partial charge in [-0.25, -0.2) is 0 Å². The van der Waals surface area contributed by atoms with Gasteiger partial charge < -0.3 is 13.6 Å². The van der Waals surface area contributed by atoms with Crippen LogP contribution >= 0.6 is 11.3 Å². The zero-order valence-corrected chi connectivity index (χ0v) is 25.4. The number of hydrogen-bond acceptors (Lipinski definition) is 2. The molecule has 0 aliphatic rings. The molecule has 4 aromatic heterocycles. The van der Waals surface area contributed by atoms with Gasteiger partial charge >= 0.3 is 0 Å². The second-order valence-corrected chi connectivity index (χ2v) is 13.1. The highest BCUT2D eigenvalue weighted by Crippen LogP contribution is 2.51. The van der Waals surface area contributed by atoms with Crippen molar-refractivity contribution in [1.82, 2.24) is 9.13 Å². The normalized spacial score (nSPS) is 12.3. The number of thiophene rings is 1. The quantitative estimate of drug-likeness (QED) is 0.192. The van der Waals surface area contributed by atoms with E-state index in [0.717, 1.165) is 33.3 Å². The summed E-state index contributed by atoms with van der Waals surface area (Å²) in [6, 6.07) is 52.5. The number of nitrogens with zero attached hydrogens (tertiary/aromatic N) is 2. The zero-order valence-electron chi connectivity index (χ0n) is 24.6. The molecule has 4 heteroatoms. The molecule has 214 valence electrons. The number of furan rings is 1. The molecule has 11 rings (SSSR count). The lowest BCUT2D eigenvalue weighted by Crippen LogP contribution is -1.98. The Labute approximate surface area is 266 Å². The Balaban J connectivity index is 1.46. The standard InChI is InChI=1S/C42H24N2OS/c1-2-12-25(13-3-1)43-33-19-9-5-16-29(33)39-41(43)40-37(38-30-17-7-11-21-36(30)46-42(38)39)28-15-4-8-18-32(28)44(40)26-22-23-35-31(24-26)27-14-6-10-20-34(27)45-35/h1-24H. The molecule has 0 radical (unpaired) electrons. The van der Waals surface area contributed by atoms with E-state index in [0.29, 0.717) is 0 Å². The first-order chi connectivity index (χ1) is 22.8. The van der Waals surface area contributed by atoms with Gasteiger partial charge in [-0.3, -0.25) is 0 Å². The van der Waals surface area contributed by atoms with E-state index in [2.05, 4.69) is 149 Å². The van der Waals surface area contributed by atoms with E-state index >= 15 is 0 Å². The second-order valence-electron chi connectivity index (χ2n) is 12.1. The van der Waals surface area contributed by atoms with Crippen LogP contribution in [-0.4, -0.2) is 9.13 Å². The van der Waals surface area contributed by atoms with Crippen LogP contribution < -0.4 is 0 Å². The van der Waals surface area contributed by atoms with Gasteiger partial charge in [-0.2, -0.15) is 0 Å². The molecular weight excluding hydrogens is 581 g/mol. The minimum Gasteiger partial charge on any atom is -0.456 e. The molecule has 0 amide bonds. The van der Waals surface area contributed by atoms with Crippen molar-refractivity contribution < 1.29 is 4.42 Å².